The molecule has 0 atom stereocenters. The molecule has 8 heteroatoms. The average Bonchev–Trinajstić information content (AvgIpc) is 2.54. The highest BCUT2D eigenvalue weighted by Gasteiger charge is 2.21. The van der Waals surface area contributed by atoms with Crippen LogP contribution in [-0.4, -0.2) is 39.0 Å². The maximum atomic E-state index is 14.0. The van der Waals surface area contributed by atoms with Gasteiger partial charge in [0.05, 0.1) is 23.2 Å². The molecular formula is C15H14FN3O4. The third-order valence-corrected chi connectivity index (χ3v) is 3.15. The maximum absolute atomic E-state index is 14.0. The van der Waals surface area contributed by atoms with E-state index in [0.717, 1.165) is 17.7 Å². The Balaban J connectivity index is 2.25. The van der Waals surface area contributed by atoms with Gasteiger partial charge in [0.25, 0.3) is 11.6 Å². The summed E-state index contributed by atoms with van der Waals surface area (Å²) in [6.07, 6.45) is 3.14. The predicted octanol–water partition coefficient (Wildman–Crippen LogP) is 1.76. The maximum Gasteiger partial charge on any atom is 0.272 e. The van der Waals surface area contributed by atoms with E-state index in [2.05, 4.69) is 4.98 Å². The second-order valence-corrected chi connectivity index (χ2v) is 4.73. The van der Waals surface area contributed by atoms with Crippen LogP contribution >= 0.6 is 0 Å². The van der Waals surface area contributed by atoms with Gasteiger partial charge in [-0.05, 0) is 17.7 Å². The van der Waals surface area contributed by atoms with Crippen molar-refractivity contribution in [3.05, 3.63) is 69.8 Å². The van der Waals surface area contributed by atoms with E-state index in [1.165, 1.54) is 4.90 Å². The average molecular weight is 319 g/mol. The number of nitrogens with zero attached hydrogens (tertiary/aromatic N) is 3. The van der Waals surface area contributed by atoms with Crippen molar-refractivity contribution in [2.24, 2.45) is 0 Å². The molecule has 23 heavy (non-hydrogen) atoms. The number of non-ortho nitro benzene ring substituents is 1. The lowest BCUT2D eigenvalue weighted by Crippen LogP contribution is -2.33. The van der Waals surface area contributed by atoms with E-state index in [4.69, 9.17) is 5.11 Å². The Labute approximate surface area is 131 Å². The SMILES string of the molecule is O=C(c1ccc([N+](=O)[O-])cc1F)N(CCO)Cc1cccnc1. The van der Waals surface area contributed by atoms with Crippen LogP contribution in [0.4, 0.5) is 10.1 Å². The van der Waals surface area contributed by atoms with Crippen LogP contribution in [-0.2, 0) is 6.54 Å². The first kappa shape index (κ1) is 16.5. The molecule has 120 valence electrons. The zero-order valence-electron chi connectivity index (χ0n) is 12.1. The van der Waals surface area contributed by atoms with Gasteiger partial charge in [0.15, 0.2) is 0 Å². The van der Waals surface area contributed by atoms with E-state index >= 15 is 0 Å². The van der Waals surface area contributed by atoms with Crippen LogP contribution in [0.25, 0.3) is 0 Å². The number of nitro groups is 1. The highest BCUT2D eigenvalue weighted by atomic mass is 19.1. The molecule has 1 N–H and O–H groups in total. The van der Waals surface area contributed by atoms with Crippen molar-refractivity contribution in [2.75, 3.05) is 13.2 Å². The predicted molar refractivity (Wildman–Crippen MR) is 79.1 cm³/mol. The van der Waals surface area contributed by atoms with Crippen LogP contribution in [0.3, 0.4) is 0 Å². The van der Waals surface area contributed by atoms with Crippen molar-refractivity contribution < 1.29 is 19.2 Å². The molecule has 0 fully saturated rings. The summed E-state index contributed by atoms with van der Waals surface area (Å²) in [6.45, 7) is -0.144. The number of amides is 1. The van der Waals surface area contributed by atoms with Crippen LogP contribution in [0.5, 0.6) is 0 Å². The van der Waals surface area contributed by atoms with Crippen molar-refractivity contribution in [1.82, 2.24) is 9.88 Å². The lowest BCUT2D eigenvalue weighted by molar-refractivity contribution is -0.385. The second kappa shape index (κ2) is 7.41. The van der Waals surface area contributed by atoms with E-state index in [1.807, 2.05) is 0 Å². The van der Waals surface area contributed by atoms with Gasteiger partial charge < -0.3 is 10.0 Å². The van der Waals surface area contributed by atoms with E-state index in [9.17, 15) is 19.3 Å². The zero-order valence-corrected chi connectivity index (χ0v) is 12.1. The highest BCUT2D eigenvalue weighted by Crippen LogP contribution is 2.19. The molecule has 1 aromatic heterocycles. The molecule has 0 bridgehead atoms. The van der Waals surface area contributed by atoms with E-state index in [0.29, 0.717) is 6.07 Å². The number of benzene rings is 1. The van der Waals surface area contributed by atoms with Gasteiger partial charge in [0.1, 0.15) is 5.82 Å². The van der Waals surface area contributed by atoms with Gasteiger partial charge in [-0.1, -0.05) is 6.07 Å². The van der Waals surface area contributed by atoms with Gasteiger partial charge >= 0.3 is 0 Å². The Bertz CT molecular complexity index is 709. The largest absolute Gasteiger partial charge is 0.395 e. The minimum atomic E-state index is -0.974. The fourth-order valence-electron chi connectivity index (χ4n) is 2.05. The topological polar surface area (TPSA) is 96.6 Å². The Kier molecular flexibility index (Phi) is 5.32. The standard InChI is InChI=1S/C15H14FN3O4/c16-14-8-12(19(22)23)3-4-13(14)15(21)18(6-7-20)10-11-2-1-5-17-9-11/h1-5,8-9,20H,6-7,10H2. The normalized spacial score (nSPS) is 10.3. The summed E-state index contributed by atoms with van der Waals surface area (Å²) in [6, 6.07) is 6.29. The Hall–Kier alpha value is -2.87. The third kappa shape index (κ3) is 4.07. The summed E-state index contributed by atoms with van der Waals surface area (Å²) in [5.41, 5.74) is 0.00424. The molecule has 0 saturated heterocycles. The van der Waals surface area contributed by atoms with E-state index in [-0.39, 0.29) is 25.3 Å². The number of carbonyl (C=O) groups excluding carboxylic acids is 1. The summed E-state index contributed by atoms with van der Waals surface area (Å²) in [5, 5.41) is 19.7. The van der Waals surface area contributed by atoms with Crippen LogP contribution in [0.15, 0.2) is 42.7 Å². The number of carbonyl (C=O) groups is 1. The Morgan fingerprint density at radius 2 is 2.17 bits per heavy atom. The van der Waals surface area contributed by atoms with Crippen LogP contribution < -0.4 is 0 Å². The molecule has 2 aromatic rings. The number of rotatable bonds is 6. The Morgan fingerprint density at radius 3 is 2.74 bits per heavy atom. The molecule has 0 saturated carbocycles. The smallest absolute Gasteiger partial charge is 0.272 e. The molecule has 0 unspecified atom stereocenters. The molecule has 1 amide bonds. The molecule has 1 aromatic carbocycles. The fourth-order valence-corrected chi connectivity index (χ4v) is 2.05. The van der Waals surface area contributed by atoms with Gasteiger partial charge in [-0.15, -0.1) is 0 Å². The summed E-state index contributed by atoms with van der Waals surface area (Å²) in [7, 11) is 0. The van der Waals surface area contributed by atoms with Gasteiger partial charge in [-0.2, -0.15) is 0 Å². The fraction of sp³-hybridized carbons (Fsp3) is 0.200. The number of hydrogen-bond acceptors (Lipinski definition) is 5. The molecule has 0 aliphatic carbocycles. The monoisotopic (exact) mass is 319 g/mol. The highest BCUT2D eigenvalue weighted by molar-refractivity contribution is 5.94. The van der Waals surface area contributed by atoms with Gasteiger partial charge in [-0.25, -0.2) is 4.39 Å². The summed E-state index contributed by atoms with van der Waals surface area (Å²) < 4.78 is 14.0. The quantitative estimate of drug-likeness (QED) is 0.646. The first-order valence-electron chi connectivity index (χ1n) is 6.76. The van der Waals surface area contributed by atoms with Crippen LogP contribution in [0, 0.1) is 15.9 Å². The number of aliphatic hydroxyl groups is 1. The number of aromatic nitrogens is 1. The van der Waals surface area contributed by atoms with Crippen molar-refractivity contribution in [3.8, 4) is 0 Å². The van der Waals surface area contributed by atoms with Crippen molar-refractivity contribution >= 4 is 11.6 Å². The lowest BCUT2D eigenvalue weighted by atomic mass is 10.1. The number of hydrogen-bond donors (Lipinski definition) is 1. The summed E-state index contributed by atoms with van der Waals surface area (Å²) in [5.74, 6) is -1.63. The molecule has 7 nitrogen and oxygen atoms in total. The van der Waals surface area contributed by atoms with Crippen LogP contribution in [0.2, 0.25) is 0 Å². The third-order valence-electron chi connectivity index (χ3n) is 3.15. The molecule has 0 radical (unpaired) electrons. The number of nitro benzene ring substituents is 1. The zero-order chi connectivity index (χ0) is 16.8. The minimum Gasteiger partial charge on any atom is -0.395 e. The number of aliphatic hydroxyl groups excluding tert-OH is 1. The van der Waals surface area contributed by atoms with Crippen molar-refractivity contribution in [3.63, 3.8) is 0 Å². The first-order chi connectivity index (χ1) is 11.0. The molecule has 0 aliphatic heterocycles. The second-order valence-electron chi connectivity index (χ2n) is 4.73. The lowest BCUT2D eigenvalue weighted by Gasteiger charge is -2.22. The van der Waals surface area contributed by atoms with E-state index < -0.39 is 22.3 Å². The molecular weight excluding hydrogens is 305 g/mol. The number of pyridine rings is 1. The first-order valence-corrected chi connectivity index (χ1v) is 6.76. The molecule has 0 aliphatic rings. The van der Waals surface area contributed by atoms with Crippen molar-refractivity contribution in [1.29, 1.82) is 0 Å². The molecule has 1 heterocycles. The minimum absolute atomic E-state index is 0.00412. The molecule has 0 spiro atoms. The number of halogens is 1. The Morgan fingerprint density at radius 1 is 1.39 bits per heavy atom. The van der Waals surface area contributed by atoms with Gasteiger partial charge in [0, 0.05) is 31.5 Å². The van der Waals surface area contributed by atoms with Gasteiger partial charge in [0.2, 0.25) is 0 Å². The van der Waals surface area contributed by atoms with Gasteiger partial charge in [-0.3, -0.25) is 19.9 Å². The summed E-state index contributed by atoms with van der Waals surface area (Å²) >= 11 is 0. The van der Waals surface area contributed by atoms with Crippen molar-refractivity contribution in [2.45, 2.75) is 6.54 Å². The van der Waals surface area contributed by atoms with E-state index in [1.54, 1.807) is 24.5 Å². The summed E-state index contributed by atoms with van der Waals surface area (Å²) in [4.78, 5) is 27.5. The van der Waals surface area contributed by atoms with Crippen LogP contribution in [0.1, 0.15) is 15.9 Å². The molecule has 2 rings (SSSR count).